The molecule has 0 fully saturated rings. The first-order valence-corrected chi connectivity index (χ1v) is 11.9. The van der Waals surface area contributed by atoms with E-state index >= 15 is 0 Å². The van der Waals surface area contributed by atoms with Crippen LogP contribution in [0.4, 0.5) is 0 Å². The zero-order valence-electron chi connectivity index (χ0n) is 15.1. The molecular formula is C16H29BrN4OSi. The van der Waals surface area contributed by atoms with Crippen molar-refractivity contribution >= 4 is 30.0 Å². The predicted molar refractivity (Wildman–Crippen MR) is 103 cm³/mol. The summed E-state index contributed by atoms with van der Waals surface area (Å²) >= 11 is 3.60. The summed E-state index contributed by atoms with van der Waals surface area (Å²) in [6, 6.07) is 0. The fraction of sp³-hybridized carbons (Fsp3) is 0.688. The van der Waals surface area contributed by atoms with E-state index in [-0.39, 0.29) is 9.99 Å². The molecule has 2 heterocycles. The highest BCUT2D eigenvalue weighted by Crippen LogP contribution is 2.36. The Hall–Kier alpha value is -0.473. The minimum atomic E-state index is -1.64. The highest BCUT2D eigenvalue weighted by Gasteiger charge is 2.36. The van der Waals surface area contributed by atoms with Crippen LogP contribution in [0.25, 0.3) is 0 Å². The number of hydrogen-bond acceptors (Lipinski definition) is 5. The van der Waals surface area contributed by atoms with E-state index in [2.05, 4.69) is 83.5 Å². The van der Waals surface area contributed by atoms with Gasteiger partial charge in [0.25, 0.3) is 0 Å². The quantitative estimate of drug-likeness (QED) is 0.321. The Labute approximate surface area is 149 Å². The molecule has 130 valence electrons. The third-order valence-corrected chi connectivity index (χ3v) is 10.1. The summed E-state index contributed by atoms with van der Waals surface area (Å²) in [5.74, 6) is 0.978. The minimum Gasteiger partial charge on any atom is -0.416 e. The third-order valence-electron chi connectivity index (χ3n) is 4.74. The number of hydrazine groups is 1. The van der Waals surface area contributed by atoms with Crippen molar-refractivity contribution in [3.8, 4) is 0 Å². The van der Waals surface area contributed by atoms with E-state index in [1.54, 1.807) is 0 Å². The zero-order chi connectivity index (χ0) is 17.3. The first-order chi connectivity index (χ1) is 10.6. The molecule has 0 spiro atoms. The zero-order valence-corrected chi connectivity index (χ0v) is 17.6. The van der Waals surface area contributed by atoms with E-state index < -0.39 is 8.32 Å². The van der Waals surface area contributed by atoms with Gasteiger partial charge in [0.2, 0.25) is 0 Å². The smallest absolute Gasteiger partial charge is 0.192 e. The second-order valence-corrected chi connectivity index (χ2v) is 13.3. The fourth-order valence-electron chi connectivity index (χ4n) is 2.11. The van der Waals surface area contributed by atoms with E-state index in [0.29, 0.717) is 0 Å². The summed E-state index contributed by atoms with van der Waals surface area (Å²) in [7, 11) is 0.394. The molecule has 2 aliphatic rings. The monoisotopic (exact) mass is 400 g/mol. The molecule has 0 aromatic carbocycles. The standard InChI is InChI=1S/C16H29BrN4OSi/c1-16(2,3)23(5,6)22-10-8-18-12-13-7-9-21-15(19-13)11-14(17)20(21)4/h7,9,11,14,18H,8,10,12H2,1-6H3. The maximum absolute atomic E-state index is 6.17. The van der Waals surface area contributed by atoms with Crippen LogP contribution in [0.3, 0.4) is 0 Å². The van der Waals surface area contributed by atoms with Crippen LogP contribution >= 0.6 is 15.9 Å². The van der Waals surface area contributed by atoms with Crippen molar-refractivity contribution in [1.29, 1.82) is 0 Å². The molecule has 1 N–H and O–H groups in total. The molecule has 1 unspecified atom stereocenters. The second-order valence-electron chi connectivity index (χ2n) is 7.52. The lowest BCUT2D eigenvalue weighted by Gasteiger charge is -2.36. The Morgan fingerprint density at radius 2 is 2.09 bits per heavy atom. The average molecular weight is 401 g/mol. The Bertz CT molecular complexity index is 525. The van der Waals surface area contributed by atoms with Gasteiger partial charge in [-0.15, -0.1) is 0 Å². The summed E-state index contributed by atoms with van der Waals surface area (Å²) in [5, 5.41) is 7.82. The van der Waals surface area contributed by atoms with Crippen molar-refractivity contribution in [2.24, 2.45) is 4.99 Å². The van der Waals surface area contributed by atoms with Gasteiger partial charge in [0.1, 0.15) is 10.8 Å². The maximum Gasteiger partial charge on any atom is 0.192 e. The van der Waals surface area contributed by atoms with E-state index in [1.165, 1.54) is 0 Å². The molecule has 0 saturated heterocycles. The average Bonchev–Trinajstić information content (AvgIpc) is 2.72. The topological polar surface area (TPSA) is 40.1 Å². The maximum atomic E-state index is 6.17. The number of alkyl halides is 1. The predicted octanol–water partition coefficient (Wildman–Crippen LogP) is 3.29. The highest BCUT2D eigenvalue weighted by atomic mass is 79.9. The molecule has 2 rings (SSSR count). The molecule has 0 aromatic heterocycles. The van der Waals surface area contributed by atoms with Crippen molar-refractivity contribution < 1.29 is 4.43 Å². The van der Waals surface area contributed by atoms with Gasteiger partial charge in [-0.1, -0.05) is 36.7 Å². The van der Waals surface area contributed by atoms with Crippen molar-refractivity contribution in [2.45, 2.75) is 43.9 Å². The molecule has 23 heavy (non-hydrogen) atoms. The SMILES string of the molecule is CN1C(Br)C=C2N=C(CNCCO[Si](C)(C)C(C)(C)C)C=CN21. The van der Waals surface area contributed by atoms with Crippen molar-refractivity contribution in [2.75, 3.05) is 26.7 Å². The van der Waals surface area contributed by atoms with Gasteiger partial charge >= 0.3 is 0 Å². The van der Waals surface area contributed by atoms with Crippen LogP contribution in [-0.4, -0.2) is 55.7 Å². The normalized spacial score (nSPS) is 22.2. The molecular weight excluding hydrogens is 372 g/mol. The van der Waals surface area contributed by atoms with Crippen LogP contribution in [0, 0.1) is 0 Å². The molecule has 0 saturated carbocycles. The molecule has 0 aliphatic carbocycles. The summed E-state index contributed by atoms with van der Waals surface area (Å²) in [6.07, 6.45) is 6.22. The molecule has 1 atom stereocenters. The lowest BCUT2D eigenvalue weighted by Crippen LogP contribution is -2.42. The van der Waals surface area contributed by atoms with E-state index in [0.717, 1.165) is 31.2 Å². The fourth-order valence-corrected chi connectivity index (χ4v) is 3.59. The molecule has 5 nitrogen and oxygen atoms in total. The number of hydrogen-bond donors (Lipinski definition) is 1. The number of nitrogens with zero attached hydrogens (tertiary/aromatic N) is 3. The van der Waals surface area contributed by atoms with E-state index in [4.69, 9.17) is 4.43 Å². The van der Waals surface area contributed by atoms with Crippen LogP contribution in [0.1, 0.15) is 20.8 Å². The van der Waals surface area contributed by atoms with E-state index in [9.17, 15) is 0 Å². The lowest BCUT2D eigenvalue weighted by molar-refractivity contribution is 0.117. The Balaban J connectivity index is 1.74. The largest absolute Gasteiger partial charge is 0.416 e. The number of rotatable bonds is 6. The van der Waals surface area contributed by atoms with Crippen molar-refractivity contribution in [3.05, 3.63) is 24.2 Å². The van der Waals surface area contributed by atoms with Gasteiger partial charge in [0.15, 0.2) is 8.32 Å². The molecule has 0 radical (unpaired) electrons. The molecule has 0 bridgehead atoms. The number of aliphatic imine (C=N–C) groups is 1. The van der Waals surface area contributed by atoms with Gasteiger partial charge < -0.3 is 9.74 Å². The van der Waals surface area contributed by atoms with E-state index in [1.807, 2.05) is 12.1 Å². The number of halogens is 1. The number of likely N-dealkylation sites (N-methyl/N-ethyl adjacent to an activating group) is 1. The van der Waals surface area contributed by atoms with Gasteiger partial charge in [-0.25, -0.2) is 10.0 Å². The summed E-state index contributed by atoms with van der Waals surface area (Å²) in [4.78, 5) is 4.89. The summed E-state index contributed by atoms with van der Waals surface area (Å²) in [6.45, 7) is 13.7. The molecule has 2 aliphatic heterocycles. The minimum absolute atomic E-state index is 0.205. The van der Waals surface area contributed by atoms with Crippen molar-refractivity contribution in [1.82, 2.24) is 15.3 Å². The van der Waals surface area contributed by atoms with Crippen LogP contribution in [0.5, 0.6) is 0 Å². The van der Waals surface area contributed by atoms with Crippen LogP contribution < -0.4 is 5.32 Å². The highest BCUT2D eigenvalue weighted by molar-refractivity contribution is 9.09. The third kappa shape index (κ3) is 4.54. The molecule has 7 heteroatoms. The Morgan fingerprint density at radius 3 is 2.74 bits per heavy atom. The lowest BCUT2D eigenvalue weighted by atomic mass is 10.2. The Morgan fingerprint density at radius 1 is 1.39 bits per heavy atom. The van der Waals surface area contributed by atoms with Gasteiger partial charge in [0.05, 0.1) is 5.71 Å². The van der Waals surface area contributed by atoms with Crippen LogP contribution in [0.2, 0.25) is 18.1 Å². The Kier molecular flexibility index (Phi) is 5.89. The van der Waals surface area contributed by atoms with Crippen molar-refractivity contribution in [3.63, 3.8) is 0 Å². The second kappa shape index (κ2) is 7.19. The van der Waals surface area contributed by atoms with Gasteiger partial charge in [-0.05, 0) is 30.3 Å². The van der Waals surface area contributed by atoms with Crippen LogP contribution in [0.15, 0.2) is 29.2 Å². The van der Waals surface area contributed by atoms with Gasteiger partial charge in [-0.3, -0.25) is 5.01 Å². The summed E-state index contributed by atoms with van der Waals surface area (Å²) in [5.41, 5.74) is 1.05. The molecule has 0 aromatic rings. The number of fused-ring (bicyclic) bond motifs is 1. The van der Waals surface area contributed by atoms with Gasteiger partial charge in [0, 0.05) is 32.9 Å². The number of nitrogens with one attached hydrogen (secondary N) is 1. The first-order valence-electron chi connectivity index (χ1n) is 8.10. The summed E-state index contributed by atoms with van der Waals surface area (Å²) < 4.78 is 6.17. The first kappa shape index (κ1) is 18.9. The van der Waals surface area contributed by atoms with Gasteiger partial charge in [-0.2, -0.15) is 0 Å². The van der Waals surface area contributed by atoms with Crippen LogP contribution in [-0.2, 0) is 4.43 Å². The molecule has 0 amide bonds.